The van der Waals surface area contributed by atoms with E-state index in [1.54, 1.807) is 29.0 Å². The van der Waals surface area contributed by atoms with E-state index in [2.05, 4.69) is 24.1 Å². The SMILES string of the molecule is CC(C)CCNC(=O)COC(=O)c1ccccc1SCc1cscn1. The van der Waals surface area contributed by atoms with Crippen LogP contribution in [0, 0.1) is 5.92 Å². The maximum atomic E-state index is 12.3. The van der Waals surface area contributed by atoms with Crippen molar-refractivity contribution in [2.45, 2.75) is 30.9 Å². The Hall–Kier alpha value is -1.86. The lowest BCUT2D eigenvalue weighted by Crippen LogP contribution is -2.30. The summed E-state index contributed by atoms with van der Waals surface area (Å²) < 4.78 is 5.15. The summed E-state index contributed by atoms with van der Waals surface area (Å²) in [5, 5.41) is 4.73. The minimum absolute atomic E-state index is 0.262. The van der Waals surface area contributed by atoms with Crippen molar-refractivity contribution < 1.29 is 14.3 Å². The number of benzene rings is 1. The summed E-state index contributed by atoms with van der Waals surface area (Å²) in [5.74, 6) is 0.440. The van der Waals surface area contributed by atoms with E-state index < -0.39 is 5.97 Å². The predicted octanol–water partition coefficient (Wildman–Crippen LogP) is 3.75. The summed E-state index contributed by atoms with van der Waals surface area (Å²) >= 11 is 3.07. The third-order valence-electron chi connectivity index (χ3n) is 3.34. The van der Waals surface area contributed by atoms with Gasteiger partial charge in [-0.15, -0.1) is 23.1 Å². The van der Waals surface area contributed by atoms with Crippen LogP contribution in [-0.4, -0.2) is 30.0 Å². The average Bonchev–Trinajstić information content (AvgIpc) is 3.11. The summed E-state index contributed by atoms with van der Waals surface area (Å²) in [4.78, 5) is 29.1. The van der Waals surface area contributed by atoms with Crippen LogP contribution >= 0.6 is 23.1 Å². The van der Waals surface area contributed by atoms with Crippen molar-refractivity contribution in [3.63, 3.8) is 0 Å². The fourth-order valence-corrected chi connectivity index (χ4v) is 3.59. The average molecular weight is 379 g/mol. The third-order valence-corrected chi connectivity index (χ3v) is 5.09. The molecule has 1 aromatic heterocycles. The van der Waals surface area contributed by atoms with Gasteiger partial charge in [0.2, 0.25) is 0 Å². The van der Waals surface area contributed by atoms with E-state index in [-0.39, 0.29) is 12.5 Å². The number of rotatable bonds is 9. The number of thioether (sulfide) groups is 1. The van der Waals surface area contributed by atoms with Crippen molar-refractivity contribution in [2.75, 3.05) is 13.2 Å². The van der Waals surface area contributed by atoms with Gasteiger partial charge in [-0.25, -0.2) is 9.78 Å². The molecule has 0 saturated carbocycles. The molecule has 0 saturated heterocycles. The van der Waals surface area contributed by atoms with Gasteiger partial charge in [0.1, 0.15) is 0 Å². The molecule has 5 nitrogen and oxygen atoms in total. The van der Waals surface area contributed by atoms with Crippen molar-refractivity contribution in [1.29, 1.82) is 0 Å². The van der Waals surface area contributed by atoms with Gasteiger partial charge < -0.3 is 10.1 Å². The molecule has 0 atom stereocenters. The molecule has 134 valence electrons. The molecule has 7 heteroatoms. The van der Waals surface area contributed by atoms with E-state index >= 15 is 0 Å². The molecular weight excluding hydrogens is 356 g/mol. The van der Waals surface area contributed by atoms with Crippen molar-refractivity contribution >= 4 is 35.0 Å². The molecule has 0 spiro atoms. The highest BCUT2D eigenvalue weighted by Crippen LogP contribution is 2.26. The van der Waals surface area contributed by atoms with Crippen molar-refractivity contribution in [1.82, 2.24) is 10.3 Å². The van der Waals surface area contributed by atoms with E-state index in [4.69, 9.17) is 4.74 Å². The van der Waals surface area contributed by atoms with Crippen LogP contribution in [-0.2, 0) is 15.3 Å². The van der Waals surface area contributed by atoms with Crippen LogP contribution in [0.3, 0.4) is 0 Å². The third kappa shape index (κ3) is 6.88. The van der Waals surface area contributed by atoms with Crippen LogP contribution in [0.25, 0.3) is 0 Å². The zero-order valence-corrected chi connectivity index (χ0v) is 16.0. The Labute approximate surface area is 156 Å². The zero-order valence-electron chi connectivity index (χ0n) is 14.4. The Morgan fingerprint density at radius 1 is 1.32 bits per heavy atom. The molecule has 0 unspecified atom stereocenters. The van der Waals surface area contributed by atoms with Gasteiger partial charge in [-0.05, 0) is 24.5 Å². The minimum atomic E-state index is -0.486. The number of nitrogens with one attached hydrogen (secondary N) is 1. The quantitative estimate of drug-likeness (QED) is 0.532. The Morgan fingerprint density at radius 2 is 2.12 bits per heavy atom. The number of hydrogen-bond donors (Lipinski definition) is 1. The fraction of sp³-hybridized carbons (Fsp3) is 0.389. The molecule has 1 heterocycles. The number of nitrogens with zero attached hydrogens (tertiary/aromatic N) is 1. The van der Waals surface area contributed by atoms with E-state index in [0.29, 0.717) is 23.8 Å². The first-order chi connectivity index (χ1) is 12.1. The zero-order chi connectivity index (χ0) is 18.1. The number of ether oxygens (including phenoxy) is 1. The number of carbonyl (C=O) groups is 2. The standard InChI is InChI=1S/C18H22N2O3S2/c1-13(2)7-8-19-17(21)9-23-18(22)15-5-3-4-6-16(15)25-11-14-10-24-12-20-14/h3-6,10,12-13H,7-9,11H2,1-2H3,(H,19,21). The molecule has 2 aromatic rings. The monoisotopic (exact) mass is 378 g/mol. The molecule has 0 bridgehead atoms. The Morgan fingerprint density at radius 3 is 2.84 bits per heavy atom. The highest BCUT2D eigenvalue weighted by Gasteiger charge is 2.15. The second kappa shape index (κ2) is 10.2. The second-order valence-electron chi connectivity index (χ2n) is 5.87. The molecule has 1 amide bonds. The van der Waals surface area contributed by atoms with E-state index in [1.165, 1.54) is 11.8 Å². The minimum Gasteiger partial charge on any atom is -0.452 e. The van der Waals surface area contributed by atoms with Crippen molar-refractivity contribution in [3.05, 3.63) is 46.4 Å². The van der Waals surface area contributed by atoms with Crippen molar-refractivity contribution in [3.8, 4) is 0 Å². The highest BCUT2D eigenvalue weighted by atomic mass is 32.2. The van der Waals surface area contributed by atoms with Gasteiger partial charge in [0, 0.05) is 22.6 Å². The lowest BCUT2D eigenvalue weighted by molar-refractivity contribution is -0.124. The lowest BCUT2D eigenvalue weighted by atomic mass is 10.1. The van der Waals surface area contributed by atoms with Crippen LogP contribution in [0.4, 0.5) is 0 Å². The first-order valence-electron chi connectivity index (χ1n) is 8.09. The number of amides is 1. The largest absolute Gasteiger partial charge is 0.452 e. The lowest BCUT2D eigenvalue weighted by Gasteiger charge is -2.10. The topological polar surface area (TPSA) is 68.3 Å². The van der Waals surface area contributed by atoms with Crippen LogP contribution in [0.2, 0.25) is 0 Å². The molecule has 25 heavy (non-hydrogen) atoms. The molecule has 0 aliphatic rings. The fourth-order valence-electron chi connectivity index (χ4n) is 1.98. The number of carbonyl (C=O) groups excluding carboxylic acids is 2. The van der Waals surface area contributed by atoms with E-state index in [9.17, 15) is 9.59 Å². The van der Waals surface area contributed by atoms with Gasteiger partial charge in [-0.2, -0.15) is 0 Å². The molecule has 1 aromatic carbocycles. The molecule has 0 radical (unpaired) electrons. The van der Waals surface area contributed by atoms with Gasteiger partial charge in [0.05, 0.1) is 16.8 Å². The van der Waals surface area contributed by atoms with Gasteiger partial charge in [-0.1, -0.05) is 26.0 Å². The van der Waals surface area contributed by atoms with Crippen molar-refractivity contribution in [2.24, 2.45) is 5.92 Å². The molecule has 0 fully saturated rings. The molecule has 1 N–H and O–H groups in total. The van der Waals surface area contributed by atoms with E-state index in [1.807, 2.05) is 17.5 Å². The second-order valence-corrected chi connectivity index (χ2v) is 7.61. The molecule has 0 aliphatic heterocycles. The first kappa shape index (κ1) is 19.5. The van der Waals surface area contributed by atoms with Gasteiger partial charge >= 0.3 is 5.97 Å². The first-order valence-corrected chi connectivity index (χ1v) is 10.0. The normalized spacial score (nSPS) is 10.7. The summed E-state index contributed by atoms with van der Waals surface area (Å²) in [6, 6.07) is 7.24. The van der Waals surface area contributed by atoms with Crippen LogP contribution in [0.15, 0.2) is 40.1 Å². The van der Waals surface area contributed by atoms with Gasteiger partial charge in [0.25, 0.3) is 5.91 Å². The summed E-state index contributed by atoms with van der Waals surface area (Å²) in [7, 11) is 0. The van der Waals surface area contributed by atoms with E-state index in [0.717, 1.165) is 17.0 Å². The smallest absolute Gasteiger partial charge is 0.339 e. The highest BCUT2D eigenvalue weighted by molar-refractivity contribution is 7.98. The van der Waals surface area contributed by atoms with Crippen LogP contribution < -0.4 is 5.32 Å². The number of thiazole rings is 1. The Balaban J connectivity index is 1.85. The maximum absolute atomic E-state index is 12.3. The summed E-state index contributed by atoms with van der Waals surface area (Å²) in [6.07, 6.45) is 0.899. The molecule has 2 rings (SSSR count). The van der Waals surface area contributed by atoms with Crippen LogP contribution in [0.1, 0.15) is 36.3 Å². The van der Waals surface area contributed by atoms with Crippen LogP contribution in [0.5, 0.6) is 0 Å². The number of esters is 1. The number of aromatic nitrogens is 1. The molecular formula is C18H22N2O3S2. The molecule has 0 aliphatic carbocycles. The summed E-state index contributed by atoms with van der Waals surface area (Å²) in [6.45, 7) is 4.51. The number of hydrogen-bond acceptors (Lipinski definition) is 6. The van der Waals surface area contributed by atoms with Gasteiger partial charge in [-0.3, -0.25) is 4.79 Å². The maximum Gasteiger partial charge on any atom is 0.339 e. The predicted molar refractivity (Wildman–Crippen MR) is 101 cm³/mol. The Kier molecular flexibility index (Phi) is 7.94. The summed E-state index contributed by atoms with van der Waals surface area (Å²) in [5.41, 5.74) is 3.23. The Bertz CT molecular complexity index is 687. The van der Waals surface area contributed by atoms with Gasteiger partial charge in [0.15, 0.2) is 6.61 Å².